The van der Waals surface area contributed by atoms with E-state index in [1.54, 1.807) is 0 Å². The molecule has 2 atom stereocenters. The van der Waals surface area contributed by atoms with Crippen molar-refractivity contribution in [3.63, 3.8) is 0 Å². The maximum atomic E-state index is 6.49. The van der Waals surface area contributed by atoms with Crippen LogP contribution in [0.15, 0.2) is 42.0 Å². The molecule has 0 aromatic heterocycles. The smallest absolute Gasteiger partial charge is 0.192 e. The largest absolute Gasteiger partial charge is 0.413 e. The van der Waals surface area contributed by atoms with Crippen LogP contribution in [0, 0.1) is 0 Å². The van der Waals surface area contributed by atoms with Crippen molar-refractivity contribution in [3.8, 4) is 0 Å². The summed E-state index contributed by atoms with van der Waals surface area (Å²) in [6.07, 6.45) is 4.72. The van der Waals surface area contributed by atoms with E-state index in [2.05, 4.69) is 59.0 Å². The molecule has 0 bridgehead atoms. The molecule has 0 heterocycles. The van der Waals surface area contributed by atoms with E-state index in [9.17, 15) is 0 Å². The fraction of sp³-hybridized carbons (Fsp3) is 0.619. The molecular weight excluding hydrogens is 367 g/mol. The normalized spacial score (nSPS) is 15.9. The SMILES string of the molecule is C/C(=C\C[C@@H](Cl)C[C@@H](Cl)Cc1ccccc1)CO[Si](C)(C)C(C)(C)C. The summed E-state index contributed by atoms with van der Waals surface area (Å²) in [5.74, 6) is 0. The van der Waals surface area contributed by atoms with E-state index in [0.717, 1.165) is 19.3 Å². The minimum Gasteiger partial charge on any atom is -0.413 e. The molecule has 0 aliphatic rings. The number of allylic oxidation sites excluding steroid dienone is 1. The van der Waals surface area contributed by atoms with Crippen LogP contribution in [0.25, 0.3) is 0 Å². The molecule has 0 unspecified atom stereocenters. The minimum atomic E-state index is -1.69. The van der Waals surface area contributed by atoms with E-state index in [1.165, 1.54) is 11.1 Å². The van der Waals surface area contributed by atoms with Crippen molar-refractivity contribution < 1.29 is 4.43 Å². The average molecular weight is 401 g/mol. The van der Waals surface area contributed by atoms with Crippen LogP contribution in [0.3, 0.4) is 0 Å². The van der Waals surface area contributed by atoms with Crippen molar-refractivity contribution in [2.45, 2.75) is 75.8 Å². The quantitative estimate of drug-likeness (QED) is 0.242. The molecule has 0 radical (unpaired) electrons. The molecule has 142 valence electrons. The van der Waals surface area contributed by atoms with Gasteiger partial charge in [-0.3, -0.25) is 0 Å². The van der Waals surface area contributed by atoms with Crippen molar-refractivity contribution >= 4 is 31.5 Å². The van der Waals surface area contributed by atoms with E-state index in [-0.39, 0.29) is 15.8 Å². The summed E-state index contributed by atoms with van der Waals surface area (Å²) in [5.41, 5.74) is 2.52. The summed E-state index contributed by atoms with van der Waals surface area (Å²) < 4.78 is 6.25. The van der Waals surface area contributed by atoms with Crippen LogP contribution in [-0.2, 0) is 10.8 Å². The Morgan fingerprint density at radius 3 is 2.28 bits per heavy atom. The first-order chi connectivity index (χ1) is 11.5. The van der Waals surface area contributed by atoms with Gasteiger partial charge in [0.1, 0.15) is 0 Å². The molecule has 0 fully saturated rings. The van der Waals surface area contributed by atoms with Gasteiger partial charge in [0.05, 0.1) is 6.61 Å². The van der Waals surface area contributed by atoms with Crippen molar-refractivity contribution in [2.75, 3.05) is 6.61 Å². The molecule has 0 aliphatic heterocycles. The number of rotatable bonds is 9. The minimum absolute atomic E-state index is 0.0639. The number of hydrogen-bond acceptors (Lipinski definition) is 1. The Labute approximate surface area is 165 Å². The van der Waals surface area contributed by atoms with Gasteiger partial charge in [-0.1, -0.05) is 62.8 Å². The first-order valence-corrected chi connectivity index (χ1v) is 12.9. The summed E-state index contributed by atoms with van der Waals surface area (Å²) in [5, 5.41) is 0.377. The van der Waals surface area contributed by atoms with Gasteiger partial charge in [-0.2, -0.15) is 0 Å². The molecule has 1 aromatic carbocycles. The third kappa shape index (κ3) is 8.77. The zero-order chi connectivity index (χ0) is 19.1. The number of benzene rings is 1. The monoisotopic (exact) mass is 400 g/mol. The fourth-order valence-corrected chi connectivity index (χ4v) is 4.04. The average Bonchev–Trinajstić information content (AvgIpc) is 2.50. The Kier molecular flexibility index (Phi) is 9.24. The molecule has 0 spiro atoms. The van der Waals surface area contributed by atoms with Gasteiger partial charge in [0.2, 0.25) is 0 Å². The highest BCUT2D eigenvalue weighted by Crippen LogP contribution is 2.36. The molecular formula is C21H34Cl2OSi. The lowest BCUT2D eigenvalue weighted by Crippen LogP contribution is -2.41. The summed E-state index contributed by atoms with van der Waals surface area (Å²) in [6, 6.07) is 10.3. The standard InChI is InChI=1S/C21H34Cl2OSi/c1-17(16-24-25(5,6)21(2,3)4)12-13-19(22)15-20(23)14-18-10-8-7-9-11-18/h7-12,19-20H,13-16H2,1-6H3/b17-12+/t19-,20+/m1/s1. The Bertz CT molecular complexity index is 535. The first-order valence-electron chi connectivity index (χ1n) is 9.13. The van der Waals surface area contributed by atoms with Crippen LogP contribution in [0.5, 0.6) is 0 Å². The van der Waals surface area contributed by atoms with Crippen molar-refractivity contribution in [1.82, 2.24) is 0 Å². The molecule has 1 nitrogen and oxygen atoms in total. The van der Waals surface area contributed by atoms with Crippen molar-refractivity contribution in [1.29, 1.82) is 0 Å². The van der Waals surface area contributed by atoms with E-state index >= 15 is 0 Å². The summed E-state index contributed by atoms with van der Waals surface area (Å²) in [4.78, 5) is 0. The maximum Gasteiger partial charge on any atom is 0.192 e. The highest BCUT2D eigenvalue weighted by Gasteiger charge is 2.36. The molecule has 1 aromatic rings. The van der Waals surface area contributed by atoms with Crippen LogP contribution in [0.1, 0.15) is 46.1 Å². The zero-order valence-electron chi connectivity index (χ0n) is 16.6. The van der Waals surface area contributed by atoms with Gasteiger partial charge >= 0.3 is 0 Å². The molecule has 0 N–H and O–H groups in total. The zero-order valence-corrected chi connectivity index (χ0v) is 19.1. The molecule has 0 saturated heterocycles. The van der Waals surface area contributed by atoms with Gasteiger partial charge in [-0.05, 0) is 49.9 Å². The highest BCUT2D eigenvalue weighted by atomic mass is 35.5. The Morgan fingerprint density at radius 1 is 1.12 bits per heavy atom. The molecule has 1 rings (SSSR count). The van der Waals surface area contributed by atoms with Gasteiger partial charge < -0.3 is 4.43 Å². The second-order valence-corrected chi connectivity index (χ2v) is 14.5. The van der Waals surface area contributed by atoms with E-state index in [4.69, 9.17) is 27.6 Å². The Balaban J connectivity index is 2.38. The van der Waals surface area contributed by atoms with Crippen molar-refractivity contribution in [2.24, 2.45) is 0 Å². The predicted octanol–water partition coefficient (Wildman–Crippen LogP) is 7.19. The highest BCUT2D eigenvalue weighted by molar-refractivity contribution is 6.74. The lowest BCUT2D eigenvalue weighted by Gasteiger charge is -2.36. The predicted molar refractivity (Wildman–Crippen MR) is 116 cm³/mol. The van der Waals surface area contributed by atoms with Crippen molar-refractivity contribution in [3.05, 3.63) is 47.5 Å². The van der Waals surface area contributed by atoms with Gasteiger partial charge in [-0.25, -0.2) is 0 Å². The molecule has 0 aliphatic carbocycles. The van der Waals surface area contributed by atoms with Gasteiger partial charge in [0, 0.05) is 10.8 Å². The number of alkyl halides is 2. The second-order valence-electron chi connectivity index (χ2n) is 8.46. The lowest BCUT2D eigenvalue weighted by atomic mass is 10.0. The van der Waals surface area contributed by atoms with Crippen LogP contribution in [0.2, 0.25) is 18.1 Å². The van der Waals surface area contributed by atoms with Crippen LogP contribution < -0.4 is 0 Å². The first kappa shape index (κ1) is 22.8. The fourth-order valence-electron chi connectivity index (χ4n) is 2.23. The molecule has 4 heteroatoms. The van der Waals surface area contributed by atoms with Crippen LogP contribution in [0.4, 0.5) is 0 Å². The van der Waals surface area contributed by atoms with Gasteiger partial charge in [-0.15, -0.1) is 23.2 Å². The summed E-state index contributed by atoms with van der Waals surface area (Å²) >= 11 is 13.0. The second kappa shape index (κ2) is 10.2. The van der Waals surface area contributed by atoms with Gasteiger partial charge in [0.25, 0.3) is 0 Å². The van der Waals surface area contributed by atoms with E-state index < -0.39 is 8.32 Å². The number of hydrogen-bond donors (Lipinski definition) is 0. The third-order valence-corrected chi connectivity index (χ3v) is 10.2. The number of halogens is 2. The molecule has 0 saturated carbocycles. The molecule has 25 heavy (non-hydrogen) atoms. The lowest BCUT2D eigenvalue weighted by molar-refractivity contribution is 0.318. The molecule has 0 amide bonds. The van der Waals surface area contributed by atoms with Gasteiger partial charge in [0.15, 0.2) is 8.32 Å². The Hall–Kier alpha value is -0.283. The summed E-state index contributed by atoms with van der Waals surface area (Å²) in [6.45, 7) is 14.2. The van der Waals surface area contributed by atoms with Crippen LogP contribution >= 0.6 is 23.2 Å². The van der Waals surface area contributed by atoms with E-state index in [1.807, 2.05) is 18.2 Å². The van der Waals surface area contributed by atoms with E-state index in [0.29, 0.717) is 6.61 Å². The topological polar surface area (TPSA) is 9.23 Å². The van der Waals surface area contributed by atoms with Crippen LogP contribution in [-0.4, -0.2) is 25.7 Å². The Morgan fingerprint density at radius 2 is 1.72 bits per heavy atom. The third-order valence-electron chi connectivity index (χ3n) is 5.00. The maximum absolute atomic E-state index is 6.49. The summed E-state index contributed by atoms with van der Waals surface area (Å²) in [7, 11) is -1.69.